The normalized spacial score (nSPS) is 21.4. The number of sulfonamides is 1. The van der Waals surface area contributed by atoms with Crippen LogP contribution in [0.1, 0.15) is 38.0 Å². The van der Waals surface area contributed by atoms with Crippen LogP contribution in [0, 0.1) is 11.3 Å². The minimum Gasteiger partial charge on any atom is -0.355 e. The van der Waals surface area contributed by atoms with Crippen molar-refractivity contribution >= 4 is 27.3 Å². The van der Waals surface area contributed by atoms with Gasteiger partial charge < -0.3 is 5.32 Å². The van der Waals surface area contributed by atoms with Crippen LogP contribution in [-0.4, -0.2) is 20.9 Å². The van der Waals surface area contributed by atoms with Crippen LogP contribution in [0.25, 0.3) is 0 Å². The summed E-state index contributed by atoms with van der Waals surface area (Å²) in [6, 6.07) is 3.26. The number of nitrogens with one attached hydrogen (secondary N) is 1. The van der Waals surface area contributed by atoms with Gasteiger partial charge in [-0.3, -0.25) is 4.79 Å². The zero-order valence-corrected chi connectivity index (χ0v) is 14.0. The molecule has 1 saturated carbocycles. The number of hydrogen-bond donors (Lipinski definition) is 2. The van der Waals surface area contributed by atoms with Crippen molar-refractivity contribution < 1.29 is 13.2 Å². The van der Waals surface area contributed by atoms with Gasteiger partial charge in [-0.2, -0.15) is 0 Å². The Hall–Kier alpha value is -0.920. The van der Waals surface area contributed by atoms with Gasteiger partial charge in [0.2, 0.25) is 15.9 Å². The van der Waals surface area contributed by atoms with E-state index in [2.05, 4.69) is 19.2 Å². The van der Waals surface area contributed by atoms with E-state index in [1.54, 1.807) is 6.07 Å². The first-order valence-corrected chi connectivity index (χ1v) is 9.46. The van der Waals surface area contributed by atoms with Gasteiger partial charge in [-0.25, -0.2) is 13.6 Å². The number of primary sulfonamides is 1. The first kappa shape index (κ1) is 16.5. The summed E-state index contributed by atoms with van der Waals surface area (Å²) in [5.74, 6) is 0.196. The summed E-state index contributed by atoms with van der Waals surface area (Å²) in [5, 5.41) is 8.04. The molecule has 0 aliphatic heterocycles. The highest BCUT2D eigenvalue weighted by Gasteiger charge is 2.38. The van der Waals surface area contributed by atoms with Crippen LogP contribution in [0.4, 0.5) is 0 Å². The smallest absolute Gasteiger partial charge is 0.247 e. The standard InChI is InChI=1S/C14H22N2O3S2/c1-14(2)8-3-4-11(14)13(17)16-9-7-10-5-6-12(20-10)21(15,18)19/h5-6,11H,3-4,7-9H2,1-2H3,(H,16,17)(H2,15,18,19). The van der Waals surface area contributed by atoms with Crippen LogP contribution in [0.2, 0.25) is 0 Å². The molecule has 1 fully saturated rings. The lowest BCUT2D eigenvalue weighted by Crippen LogP contribution is -2.37. The van der Waals surface area contributed by atoms with Gasteiger partial charge in [0.05, 0.1) is 0 Å². The lowest BCUT2D eigenvalue weighted by molar-refractivity contribution is -0.127. The van der Waals surface area contributed by atoms with E-state index in [0.29, 0.717) is 13.0 Å². The fourth-order valence-electron chi connectivity index (χ4n) is 2.89. The van der Waals surface area contributed by atoms with Crippen LogP contribution < -0.4 is 10.5 Å². The molecule has 1 unspecified atom stereocenters. The summed E-state index contributed by atoms with van der Waals surface area (Å²) in [6.45, 7) is 4.81. The second-order valence-electron chi connectivity index (χ2n) is 6.24. The Kier molecular flexibility index (Phi) is 4.75. The summed E-state index contributed by atoms with van der Waals surface area (Å²) < 4.78 is 22.6. The van der Waals surface area contributed by atoms with Gasteiger partial charge in [-0.1, -0.05) is 20.3 Å². The van der Waals surface area contributed by atoms with Crippen molar-refractivity contribution in [1.82, 2.24) is 5.32 Å². The first-order chi connectivity index (χ1) is 9.70. The maximum Gasteiger partial charge on any atom is 0.247 e. The van der Waals surface area contributed by atoms with E-state index < -0.39 is 10.0 Å². The summed E-state index contributed by atoms with van der Waals surface area (Å²) in [4.78, 5) is 13.1. The van der Waals surface area contributed by atoms with Crippen molar-refractivity contribution in [3.63, 3.8) is 0 Å². The summed E-state index contributed by atoms with van der Waals surface area (Å²) in [6.07, 6.45) is 3.77. The van der Waals surface area contributed by atoms with E-state index in [1.807, 2.05) is 0 Å². The van der Waals surface area contributed by atoms with Gasteiger partial charge in [-0.15, -0.1) is 11.3 Å². The molecular weight excluding hydrogens is 308 g/mol. The van der Waals surface area contributed by atoms with Crippen LogP contribution in [0.15, 0.2) is 16.3 Å². The third kappa shape index (κ3) is 4.05. The van der Waals surface area contributed by atoms with Gasteiger partial charge in [-0.05, 0) is 36.8 Å². The highest BCUT2D eigenvalue weighted by Crippen LogP contribution is 2.42. The van der Waals surface area contributed by atoms with E-state index in [9.17, 15) is 13.2 Å². The number of nitrogens with two attached hydrogens (primary N) is 1. The SMILES string of the molecule is CC1(C)CCCC1C(=O)NCCc1ccc(S(N)(=O)=O)s1. The molecule has 0 aromatic carbocycles. The van der Waals surface area contributed by atoms with E-state index in [1.165, 1.54) is 6.07 Å². The molecule has 0 spiro atoms. The molecule has 1 aliphatic rings. The third-order valence-corrected chi connectivity index (χ3v) is 6.75. The maximum atomic E-state index is 12.2. The molecule has 1 amide bonds. The fraction of sp³-hybridized carbons (Fsp3) is 0.643. The molecule has 0 radical (unpaired) electrons. The molecular formula is C14H22N2O3S2. The van der Waals surface area contributed by atoms with Gasteiger partial charge in [0, 0.05) is 17.3 Å². The molecule has 5 nitrogen and oxygen atoms in total. The number of rotatable bonds is 5. The summed E-state index contributed by atoms with van der Waals surface area (Å²) in [7, 11) is -3.62. The zero-order valence-electron chi connectivity index (χ0n) is 12.4. The second kappa shape index (κ2) is 6.06. The second-order valence-corrected chi connectivity index (χ2v) is 9.20. The molecule has 21 heavy (non-hydrogen) atoms. The molecule has 0 saturated heterocycles. The Morgan fingerprint density at radius 1 is 1.48 bits per heavy atom. The van der Waals surface area contributed by atoms with Crippen molar-refractivity contribution in [2.75, 3.05) is 6.54 Å². The lowest BCUT2D eigenvalue weighted by Gasteiger charge is -2.25. The van der Waals surface area contributed by atoms with E-state index in [0.717, 1.165) is 35.5 Å². The van der Waals surface area contributed by atoms with Gasteiger partial charge in [0.15, 0.2) is 0 Å². The first-order valence-electron chi connectivity index (χ1n) is 7.09. The quantitative estimate of drug-likeness (QED) is 0.864. The Balaban J connectivity index is 1.85. The Morgan fingerprint density at radius 3 is 2.71 bits per heavy atom. The highest BCUT2D eigenvalue weighted by atomic mass is 32.2. The number of carbonyl (C=O) groups is 1. The van der Waals surface area contributed by atoms with Crippen LogP contribution in [0.5, 0.6) is 0 Å². The summed E-state index contributed by atoms with van der Waals surface area (Å²) in [5.41, 5.74) is 0.0772. The fourth-order valence-corrected chi connectivity index (χ4v) is 4.67. The molecule has 2 rings (SSSR count). The van der Waals surface area contributed by atoms with Crippen LogP contribution in [-0.2, 0) is 21.2 Å². The molecule has 1 atom stereocenters. The number of amides is 1. The average molecular weight is 330 g/mol. The van der Waals surface area contributed by atoms with Gasteiger partial charge in [0.25, 0.3) is 0 Å². The van der Waals surface area contributed by atoms with Crippen LogP contribution >= 0.6 is 11.3 Å². The third-order valence-electron chi connectivity index (χ3n) is 4.16. The number of hydrogen-bond acceptors (Lipinski definition) is 4. The molecule has 1 heterocycles. The number of thiophene rings is 1. The molecule has 118 valence electrons. The van der Waals surface area contributed by atoms with Crippen molar-refractivity contribution in [3.05, 3.63) is 17.0 Å². The number of carbonyl (C=O) groups excluding carboxylic acids is 1. The maximum absolute atomic E-state index is 12.2. The van der Waals surface area contributed by atoms with E-state index in [-0.39, 0.29) is 21.4 Å². The zero-order chi connectivity index (χ0) is 15.7. The highest BCUT2D eigenvalue weighted by molar-refractivity contribution is 7.91. The lowest BCUT2D eigenvalue weighted by atomic mass is 9.81. The molecule has 1 aromatic rings. The molecule has 1 aromatic heterocycles. The Morgan fingerprint density at radius 2 is 2.19 bits per heavy atom. The van der Waals surface area contributed by atoms with Crippen molar-refractivity contribution in [2.24, 2.45) is 16.5 Å². The largest absolute Gasteiger partial charge is 0.355 e. The van der Waals surface area contributed by atoms with Crippen molar-refractivity contribution in [3.8, 4) is 0 Å². The molecule has 7 heteroatoms. The van der Waals surface area contributed by atoms with E-state index in [4.69, 9.17) is 5.14 Å². The van der Waals surface area contributed by atoms with Gasteiger partial charge in [0.1, 0.15) is 4.21 Å². The predicted octanol–water partition coefficient (Wildman–Crippen LogP) is 1.88. The van der Waals surface area contributed by atoms with Gasteiger partial charge >= 0.3 is 0 Å². The van der Waals surface area contributed by atoms with Crippen molar-refractivity contribution in [1.29, 1.82) is 0 Å². The monoisotopic (exact) mass is 330 g/mol. The van der Waals surface area contributed by atoms with Crippen molar-refractivity contribution in [2.45, 2.75) is 43.7 Å². The average Bonchev–Trinajstić information content (AvgIpc) is 2.94. The Bertz CT molecular complexity index is 620. The Labute approximate surface area is 130 Å². The molecule has 3 N–H and O–H groups in total. The van der Waals surface area contributed by atoms with Crippen LogP contribution in [0.3, 0.4) is 0 Å². The summed E-state index contributed by atoms with van der Waals surface area (Å²) >= 11 is 1.16. The minimum atomic E-state index is -3.62. The molecule has 1 aliphatic carbocycles. The molecule has 0 bridgehead atoms. The predicted molar refractivity (Wildman–Crippen MR) is 83.5 cm³/mol. The topological polar surface area (TPSA) is 89.3 Å². The minimum absolute atomic E-state index is 0.0772. The van der Waals surface area contributed by atoms with E-state index >= 15 is 0 Å².